The molecule has 73 valence electrons. The molecular weight excluding hydrogens is 366 g/mol. The Hall–Kier alpha value is 1.19. The molecule has 0 amide bonds. The molecular formula is C6H15Cl2N2Pt. The Morgan fingerprint density at radius 3 is 1.73 bits per heavy atom. The first kappa shape index (κ1) is 12.2. The number of hydrogen-bond acceptors (Lipinski definition) is 2. The molecule has 0 saturated heterocycles. The Labute approximate surface area is 82.0 Å². The zero-order chi connectivity index (χ0) is 8.69. The van der Waals surface area contributed by atoms with Crippen LogP contribution in [0.15, 0.2) is 0 Å². The fourth-order valence-corrected chi connectivity index (χ4v) is 0.729. The van der Waals surface area contributed by atoms with Crippen molar-refractivity contribution in [3.63, 3.8) is 0 Å². The van der Waals surface area contributed by atoms with Crippen LogP contribution in [0.3, 0.4) is 0 Å². The minimum atomic E-state index is -1.57. The van der Waals surface area contributed by atoms with Crippen molar-refractivity contribution < 1.29 is 15.2 Å². The van der Waals surface area contributed by atoms with Crippen LogP contribution in [0.4, 0.5) is 0 Å². The molecule has 1 fully saturated rings. The van der Waals surface area contributed by atoms with Crippen LogP contribution < -0.4 is 11.5 Å². The van der Waals surface area contributed by atoms with Gasteiger partial charge in [-0.1, -0.05) is 6.42 Å². The fourth-order valence-electron chi connectivity index (χ4n) is 0.729. The molecule has 0 unspecified atom stereocenters. The molecule has 0 bridgehead atoms. The van der Waals surface area contributed by atoms with Crippen LogP contribution in [0.25, 0.3) is 0 Å². The first-order chi connectivity index (χ1) is 5.20. The minimum absolute atomic E-state index is 0.494. The summed E-state index contributed by atoms with van der Waals surface area (Å²) in [6, 6.07) is 0. The van der Waals surface area contributed by atoms with Gasteiger partial charge >= 0.3 is 44.7 Å². The van der Waals surface area contributed by atoms with Gasteiger partial charge in [0.05, 0.1) is 0 Å². The summed E-state index contributed by atoms with van der Waals surface area (Å²) in [5.41, 5.74) is 10.3. The molecule has 0 heterocycles. The maximum absolute atomic E-state index is 5.33. The van der Waals surface area contributed by atoms with Gasteiger partial charge in [0.15, 0.2) is 0 Å². The first-order valence-electron chi connectivity index (χ1n) is 3.50. The molecule has 0 spiro atoms. The Morgan fingerprint density at radius 1 is 1.27 bits per heavy atom. The van der Waals surface area contributed by atoms with Gasteiger partial charge in [-0.15, -0.1) is 0 Å². The molecule has 4 N–H and O–H groups in total. The van der Waals surface area contributed by atoms with Crippen molar-refractivity contribution >= 4 is 18.8 Å². The maximum atomic E-state index is 5.33. The average Bonchev–Trinajstić information content (AvgIpc) is 1.87. The third-order valence-corrected chi connectivity index (χ3v) is 3.95. The Morgan fingerprint density at radius 2 is 1.73 bits per heavy atom. The van der Waals surface area contributed by atoms with Gasteiger partial charge in [0.2, 0.25) is 0 Å². The summed E-state index contributed by atoms with van der Waals surface area (Å²) in [7, 11) is 10.5. The van der Waals surface area contributed by atoms with Gasteiger partial charge in [-0.3, -0.25) is 0 Å². The second-order valence-electron chi connectivity index (χ2n) is 2.38. The normalized spacial score (nSPS) is 18.0. The summed E-state index contributed by atoms with van der Waals surface area (Å²) >= 11 is -1.57. The standard InChI is InChI=1S/C5H11N.CH4N.2ClH.Pt/c6-4-5-2-1-3-5;1-2;;;/h5H,1-4,6H2;1-2H2;2*1H;/q;;;;+2/p-2. The first-order valence-corrected chi connectivity index (χ1v) is 10.7. The van der Waals surface area contributed by atoms with E-state index in [-0.39, 0.29) is 0 Å². The van der Waals surface area contributed by atoms with Crippen LogP contribution in [-0.2, 0) is 15.2 Å². The van der Waals surface area contributed by atoms with Gasteiger partial charge in [0.1, 0.15) is 0 Å². The zero-order valence-electron chi connectivity index (χ0n) is 6.34. The number of nitrogens with two attached hydrogens (primary N) is 2. The van der Waals surface area contributed by atoms with E-state index in [1.807, 2.05) is 0 Å². The van der Waals surface area contributed by atoms with E-state index in [0.29, 0.717) is 4.93 Å². The molecule has 5 heteroatoms. The molecule has 0 aliphatic heterocycles. The van der Waals surface area contributed by atoms with Crippen molar-refractivity contribution in [1.82, 2.24) is 0 Å². The summed E-state index contributed by atoms with van der Waals surface area (Å²) in [5.74, 6) is 0.894. The van der Waals surface area contributed by atoms with E-state index in [2.05, 4.69) is 0 Å². The van der Waals surface area contributed by atoms with Crippen molar-refractivity contribution in [1.29, 1.82) is 0 Å². The molecule has 1 saturated carbocycles. The molecule has 0 aromatic carbocycles. The van der Waals surface area contributed by atoms with Crippen LogP contribution in [-0.4, -0.2) is 11.5 Å². The quantitative estimate of drug-likeness (QED) is 0.763. The van der Waals surface area contributed by atoms with E-state index in [0.717, 1.165) is 12.5 Å². The summed E-state index contributed by atoms with van der Waals surface area (Å²) in [4.78, 5) is 0.494. The molecule has 0 radical (unpaired) electrons. The van der Waals surface area contributed by atoms with Crippen LogP contribution in [0.5, 0.6) is 0 Å². The van der Waals surface area contributed by atoms with Crippen molar-refractivity contribution in [2.45, 2.75) is 19.3 Å². The second-order valence-corrected chi connectivity index (χ2v) is 10.6. The zero-order valence-corrected chi connectivity index (χ0v) is 10.1. The second kappa shape index (κ2) is 7.82. The van der Waals surface area contributed by atoms with E-state index >= 15 is 0 Å². The number of halogens is 2. The van der Waals surface area contributed by atoms with Crippen molar-refractivity contribution in [3.05, 3.63) is 0 Å². The molecule has 1 rings (SSSR count). The van der Waals surface area contributed by atoms with Crippen molar-refractivity contribution in [2.75, 3.05) is 11.5 Å². The molecule has 1 aliphatic carbocycles. The molecule has 11 heavy (non-hydrogen) atoms. The van der Waals surface area contributed by atoms with Crippen LogP contribution in [0, 0.1) is 5.92 Å². The summed E-state index contributed by atoms with van der Waals surface area (Å²) in [6.45, 7) is 0.917. The molecule has 0 atom stereocenters. The molecule has 0 aromatic rings. The molecule has 1 aliphatic rings. The van der Waals surface area contributed by atoms with Gasteiger partial charge in [-0.25, -0.2) is 0 Å². The molecule has 2 nitrogen and oxygen atoms in total. The predicted octanol–water partition coefficient (Wildman–Crippen LogP) is 1.57. The average molecular weight is 381 g/mol. The summed E-state index contributed by atoms with van der Waals surface area (Å²) in [5, 5.41) is 0. The van der Waals surface area contributed by atoms with Crippen LogP contribution in [0.2, 0.25) is 0 Å². The third-order valence-electron chi connectivity index (χ3n) is 1.66. The van der Waals surface area contributed by atoms with E-state index < -0.39 is 15.2 Å². The van der Waals surface area contributed by atoms with Crippen molar-refractivity contribution in [2.24, 2.45) is 17.4 Å². The van der Waals surface area contributed by atoms with Gasteiger partial charge in [-0.2, -0.15) is 0 Å². The SMILES string of the molecule is NCC1CCC1.N[CH2][Pt]([Cl])[Cl]. The Kier molecular flexibility index (Phi) is 8.66. The van der Waals surface area contributed by atoms with Gasteiger partial charge in [0.25, 0.3) is 0 Å². The van der Waals surface area contributed by atoms with E-state index in [4.69, 9.17) is 30.3 Å². The van der Waals surface area contributed by atoms with E-state index in [9.17, 15) is 0 Å². The summed E-state index contributed by atoms with van der Waals surface area (Å²) < 4.78 is 0. The predicted molar refractivity (Wildman–Crippen MR) is 47.2 cm³/mol. The van der Waals surface area contributed by atoms with Crippen LogP contribution >= 0.6 is 18.8 Å². The van der Waals surface area contributed by atoms with Gasteiger partial charge in [-0.05, 0) is 25.3 Å². The monoisotopic (exact) mass is 380 g/mol. The van der Waals surface area contributed by atoms with Gasteiger partial charge in [0, 0.05) is 0 Å². The Balaban J connectivity index is 0.000000187. The van der Waals surface area contributed by atoms with E-state index in [1.54, 1.807) is 0 Å². The van der Waals surface area contributed by atoms with Gasteiger partial charge < -0.3 is 5.73 Å². The van der Waals surface area contributed by atoms with Crippen LogP contribution in [0.1, 0.15) is 19.3 Å². The fraction of sp³-hybridized carbons (Fsp3) is 1.00. The number of rotatable bonds is 2. The third kappa shape index (κ3) is 7.55. The van der Waals surface area contributed by atoms with Crippen molar-refractivity contribution in [3.8, 4) is 0 Å². The topological polar surface area (TPSA) is 52.0 Å². The Bertz CT molecular complexity index is 85.9. The van der Waals surface area contributed by atoms with E-state index in [1.165, 1.54) is 19.3 Å². The number of hydrogen-bond donors (Lipinski definition) is 2. The summed E-state index contributed by atoms with van der Waals surface area (Å²) in [6.07, 6.45) is 4.19. The molecule has 0 aromatic heterocycles.